The summed E-state index contributed by atoms with van der Waals surface area (Å²) in [5.41, 5.74) is 2.62. The smallest absolute Gasteiger partial charge is 0.0680 e. The van der Waals surface area contributed by atoms with E-state index >= 15 is 0 Å². The predicted molar refractivity (Wildman–Crippen MR) is 59.4 cm³/mol. The van der Waals surface area contributed by atoms with E-state index in [1.54, 1.807) is 0 Å². The molecule has 1 aliphatic rings. The number of hydrazine groups is 1. The van der Waals surface area contributed by atoms with E-state index in [0.29, 0.717) is 0 Å². The van der Waals surface area contributed by atoms with Crippen molar-refractivity contribution in [3.63, 3.8) is 0 Å². The fraction of sp³-hybridized carbons (Fsp3) is 0.333. The zero-order valence-electron chi connectivity index (χ0n) is 8.48. The molecular formula is C12H16N2. The summed E-state index contributed by atoms with van der Waals surface area (Å²) in [4.78, 5) is 0. The third-order valence-corrected chi connectivity index (χ3v) is 2.61. The average Bonchev–Trinajstić information content (AvgIpc) is 2.61. The molecule has 1 aromatic rings. The molecule has 0 heterocycles. The van der Waals surface area contributed by atoms with Gasteiger partial charge in [-0.2, -0.15) is 0 Å². The first-order valence-corrected chi connectivity index (χ1v) is 5.11. The largest absolute Gasteiger partial charge is 0.268 e. The third kappa shape index (κ3) is 1.59. The van der Waals surface area contributed by atoms with E-state index < -0.39 is 0 Å². The van der Waals surface area contributed by atoms with Gasteiger partial charge in [0.05, 0.1) is 6.04 Å². The monoisotopic (exact) mass is 188 g/mol. The summed E-state index contributed by atoms with van der Waals surface area (Å²) >= 11 is 0. The van der Waals surface area contributed by atoms with Crippen LogP contribution in [-0.2, 0) is 0 Å². The van der Waals surface area contributed by atoms with Gasteiger partial charge in [-0.05, 0) is 17.5 Å². The number of nitrogens with two attached hydrogens (primary N) is 1. The lowest BCUT2D eigenvalue weighted by atomic mass is 10.1. The van der Waals surface area contributed by atoms with Gasteiger partial charge < -0.3 is 0 Å². The van der Waals surface area contributed by atoms with Crippen LogP contribution in [0.2, 0.25) is 0 Å². The van der Waals surface area contributed by atoms with Gasteiger partial charge in [0.25, 0.3) is 0 Å². The standard InChI is InChI=1S/C12H16N2/c1-2-9-14(13)12-8-7-10-5-3-4-6-11(10)12/h3-8,12H,2,9,13H2,1H3. The molecule has 0 aliphatic heterocycles. The number of fused-ring (bicyclic) bond motifs is 1. The van der Waals surface area contributed by atoms with Crippen LogP contribution < -0.4 is 5.84 Å². The van der Waals surface area contributed by atoms with Gasteiger partial charge >= 0.3 is 0 Å². The van der Waals surface area contributed by atoms with E-state index in [1.807, 2.05) is 5.01 Å². The first-order chi connectivity index (χ1) is 6.83. The molecule has 0 saturated carbocycles. The summed E-state index contributed by atoms with van der Waals surface area (Å²) in [6, 6.07) is 8.68. The zero-order chi connectivity index (χ0) is 9.97. The Morgan fingerprint density at radius 3 is 2.93 bits per heavy atom. The normalized spacial score (nSPS) is 18.9. The van der Waals surface area contributed by atoms with E-state index in [-0.39, 0.29) is 6.04 Å². The van der Waals surface area contributed by atoms with Crippen molar-refractivity contribution in [3.05, 3.63) is 41.5 Å². The summed E-state index contributed by atoms with van der Waals surface area (Å²) in [5.74, 6) is 5.99. The van der Waals surface area contributed by atoms with E-state index in [9.17, 15) is 0 Å². The molecule has 0 saturated heterocycles. The molecule has 1 aromatic carbocycles. The summed E-state index contributed by atoms with van der Waals surface area (Å²) in [5, 5.41) is 1.91. The molecule has 74 valence electrons. The fourth-order valence-electron chi connectivity index (χ4n) is 1.92. The number of nitrogens with zero attached hydrogens (tertiary/aromatic N) is 1. The molecule has 0 aromatic heterocycles. The Bertz CT molecular complexity index is 344. The van der Waals surface area contributed by atoms with Crippen LogP contribution in [0.25, 0.3) is 6.08 Å². The summed E-state index contributed by atoms with van der Waals surface area (Å²) < 4.78 is 0. The first-order valence-electron chi connectivity index (χ1n) is 5.11. The molecule has 1 aliphatic carbocycles. The van der Waals surface area contributed by atoms with Crippen LogP contribution in [0.15, 0.2) is 30.3 Å². The van der Waals surface area contributed by atoms with Crippen LogP contribution >= 0.6 is 0 Å². The van der Waals surface area contributed by atoms with E-state index in [0.717, 1.165) is 13.0 Å². The SMILES string of the molecule is CCCN(N)C1C=Cc2ccccc21. The maximum absolute atomic E-state index is 5.99. The molecule has 2 nitrogen and oxygen atoms in total. The van der Waals surface area contributed by atoms with Crippen molar-refractivity contribution in [2.45, 2.75) is 19.4 Å². The topological polar surface area (TPSA) is 29.3 Å². The van der Waals surface area contributed by atoms with Gasteiger partial charge in [0.15, 0.2) is 0 Å². The van der Waals surface area contributed by atoms with Gasteiger partial charge in [0.1, 0.15) is 0 Å². The minimum absolute atomic E-state index is 0.270. The Kier molecular flexibility index (Phi) is 2.66. The highest BCUT2D eigenvalue weighted by Gasteiger charge is 2.20. The quantitative estimate of drug-likeness (QED) is 0.582. The average molecular weight is 188 g/mol. The molecule has 1 atom stereocenters. The second-order valence-corrected chi connectivity index (χ2v) is 3.67. The lowest BCUT2D eigenvalue weighted by Crippen LogP contribution is -2.34. The van der Waals surface area contributed by atoms with Crippen LogP contribution in [-0.4, -0.2) is 11.6 Å². The van der Waals surface area contributed by atoms with Crippen molar-refractivity contribution < 1.29 is 0 Å². The molecule has 0 bridgehead atoms. The van der Waals surface area contributed by atoms with Crippen molar-refractivity contribution in [1.29, 1.82) is 0 Å². The molecule has 0 radical (unpaired) electrons. The van der Waals surface area contributed by atoms with Crippen LogP contribution in [0, 0.1) is 0 Å². The Hall–Kier alpha value is -1.12. The number of rotatable bonds is 3. The van der Waals surface area contributed by atoms with Gasteiger partial charge in [-0.3, -0.25) is 5.84 Å². The number of hydrogen-bond acceptors (Lipinski definition) is 2. The molecule has 14 heavy (non-hydrogen) atoms. The third-order valence-electron chi connectivity index (χ3n) is 2.61. The minimum Gasteiger partial charge on any atom is -0.268 e. The summed E-state index contributed by atoms with van der Waals surface area (Å²) in [6.45, 7) is 3.08. The molecule has 2 heteroatoms. The molecule has 1 unspecified atom stereocenters. The van der Waals surface area contributed by atoms with Crippen molar-refractivity contribution >= 4 is 6.08 Å². The lowest BCUT2D eigenvalue weighted by Gasteiger charge is -2.22. The van der Waals surface area contributed by atoms with E-state index in [1.165, 1.54) is 11.1 Å². The highest BCUT2D eigenvalue weighted by molar-refractivity contribution is 5.61. The lowest BCUT2D eigenvalue weighted by molar-refractivity contribution is 0.241. The Labute approximate surface area is 85.0 Å². The van der Waals surface area contributed by atoms with Gasteiger partial charge in [-0.15, -0.1) is 0 Å². The molecule has 0 amide bonds. The summed E-state index contributed by atoms with van der Waals surface area (Å²) in [7, 11) is 0. The Morgan fingerprint density at radius 2 is 2.14 bits per heavy atom. The maximum Gasteiger partial charge on any atom is 0.0680 e. The van der Waals surface area contributed by atoms with Gasteiger partial charge in [0, 0.05) is 6.54 Å². The maximum atomic E-state index is 5.99. The Morgan fingerprint density at radius 1 is 1.36 bits per heavy atom. The van der Waals surface area contributed by atoms with Gasteiger partial charge in [-0.1, -0.05) is 43.3 Å². The Balaban J connectivity index is 2.21. The molecule has 0 spiro atoms. The molecule has 2 N–H and O–H groups in total. The van der Waals surface area contributed by atoms with E-state index in [4.69, 9.17) is 5.84 Å². The minimum atomic E-state index is 0.270. The van der Waals surface area contributed by atoms with E-state index in [2.05, 4.69) is 43.3 Å². The number of benzene rings is 1. The molecule has 0 fully saturated rings. The second kappa shape index (κ2) is 3.95. The van der Waals surface area contributed by atoms with Gasteiger partial charge in [-0.25, -0.2) is 5.01 Å². The number of hydrogen-bond donors (Lipinski definition) is 1. The fourth-order valence-corrected chi connectivity index (χ4v) is 1.92. The molecule has 2 rings (SSSR count). The zero-order valence-corrected chi connectivity index (χ0v) is 8.48. The second-order valence-electron chi connectivity index (χ2n) is 3.67. The van der Waals surface area contributed by atoms with Crippen LogP contribution in [0.4, 0.5) is 0 Å². The first kappa shape index (κ1) is 9.44. The van der Waals surface area contributed by atoms with Crippen LogP contribution in [0.1, 0.15) is 30.5 Å². The van der Waals surface area contributed by atoms with Crippen LogP contribution in [0.3, 0.4) is 0 Å². The summed E-state index contributed by atoms with van der Waals surface area (Å²) in [6.07, 6.45) is 5.40. The van der Waals surface area contributed by atoms with Crippen molar-refractivity contribution in [2.75, 3.05) is 6.54 Å². The molecular weight excluding hydrogens is 172 g/mol. The van der Waals surface area contributed by atoms with Gasteiger partial charge in [0.2, 0.25) is 0 Å². The van der Waals surface area contributed by atoms with Crippen molar-refractivity contribution in [1.82, 2.24) is 5.01 Å². The highest BCUT2D eigenvalue weighted by atomic mass is 15.4. The van der Waals surface area contributed by atoms with Crippen molar-refractivity contribution in [3.8, 4) is 0 Å². The van der Waals surface area contributed by atoms with Crippen LogP contribution in [0.5, 0.6) is 0 Å². The predicted octanol–water partition coefficient (Wildman–Crippen LogP) is 2.34. The highest BCUT2D eigenvalue weighted by Crippen LogP contribution is 2.30. The van der Waals surface area contributed by atoms with Crippen molar-refractivity contribution in [2.24, 2.45) is 5.84 Å².